The monoisotopic (exact) mass is 508 g/mol. The number of hydrogen-bond acceptors (Lipinski definition) is 6. The number of benzene rings is 3. The third-order valence-corrected chi connectivity index (χ3v) is 6.65. The van der Waals surface area contributed by atoms with E-state index in [4.69, 9.17) is 18.9 Å². The summed E-state index contributed by atoms with van der Waals surface area (Å²) in [7, 11) is 7.64. The first-order valence-corrected chi connectivity index (χ1v) is 11.6. The SMILES string of the molecule is COc1ccc([C@@H]2[C@H](C(=O)Nc3ccc(C)c(F)c3)c3cc(OC)c(OC)cc3C(=O)N2C)cc1OC. The van der Waals surface area contributed by atoms with Gasteiger partial charge in [0.05, 0.1) is 40.4 Å². The number of amides is 2. The van der Waals surface area contributed by atoms with Gasteiger partial charge in [0, 0.05) is 18.3 Å². The Kier molecular flexibility index (Phi) is 7.24. The fraction of sp³-hybridized carbons (Fsp3) is 0.286. The minimum atomic E-state index is -0.875. The molecule has 4 rings (SSSR count). The van der Waals surface area contributed by atoms with Crippen molar-refractivity contribution in [2.75, 3.05) is 40.8 Å². The first-order chi connectivity index (χ1) is 17.7. The molecular weight excluding hydrogens is 479 g/mol. The molecule has 3 aromatic carbocycles. The maximum atomic E-state index is 14.2. The predicted molar refractivity (Wildman–Crippen MR) is 136 cm³/mol. The highest BCUT2D eigenvalue weighted by Crippen LogP contribution is 2.47. The van der Waals surface area contributed by atoms with Gasteiger partial charge in [0.15, 0.2) is 23.0 Å². The topological polar surface area (TPSA) is 86.3 Å². The molecule has 1 N–H and O–H groups in total. The van der Waals surface area contributed by atoms with E-state index in [1.54, 1.807) is 56.4 Å². The van der Waals surface area contributed by atoms with Gasteiger partial charge in [0.1, 0.15) is 5.82 Å². The lowest BCUT2D eigenvalue weighted by Crippen LogP contribution is -2.44. The minimum Gasteiger partial charge on any atom is -0.493 e. The number of hydrogen-bond donors (Lipinski definition) is 1. The normalized spacial score (nSPS) is 16.6. The maximum Gasteiger partial charge on any atom is 0.254 e. The number of nitrogens with zero attached hydrogens (tertiary/aromatic N) is 1. The van der Waals surface area contributed by atoms with Gasteiger partial charge in [0.2, 0.25) is 5.91 Å². The number of methoxy groups -OCH3 is 4. The molecule has 0 saturated carbocycles. The summed E-state index contributed by atoms with van der Waals surface area (Å²) in [6.07, 6.45) is 0. The Balaban J connectivity index is 1.90. The Hall–Kier alpha value is -4.27. The van der Waals surface area contributed by atoms with Crippen LogP contribution < -0.4 is 24.3 Å². The molecule has 2 atom stereocenters. The number of ether oxygens (including phenoxy) is 4. The van der Waals surface area contributed by atoms with Gasteiger partial charge in [-0.15, -0.1) is 0 Å². The molecule has 8 nitrogen and oxygen atoms in total. The molecule has 9 heteroatoms. The fourth-order valence-corrected chi connectivity index (χ4v) is 4.68. The molecule has 0 spiro atoms. The van der Waals surface area contributed by atoms with Gasteiger partial charge in [-0.05, 0) is 60.0 Å². The van der Waals surface area contributed by atoms with Crippen LogP contribution in [0.4, 0.5) is 10.1 Å². The van der Waals surface area contributed by atoms with Gasteiger partial charge in [-0.25, -0.2) is 4.39 Å². The van der Waals surface area contributed by atoms with E-state index < -0.39 is 23.7 Å². The number of nitrogens with one attached hydrogen (secondary N) is 1. The summed E-state index contributed by atoms with van der Waals surface area (Å²) in [5.74, 6) is -0.303. The second-order valence-electron chi connectivity index (χ2n) is 8.70. The highest BCUT2D eigenvalue weighted by molar-refractivity contribution is 6.05. The zero-order valence-electron chi connectivity index (χ0n) is 21.5. The Bertz CT molecular complexity index is 1360. The average Bonchev–Trinajstić information content (AvgIpc) is 2.91. The molecule has 3 aromatic rings. The average molecular weight is 509 g/mol. The summed E-state index contributed by atoms with van der Waals surface area (Å²) in [4.78, 5) is 29.0. The van der Waals surface area contributed by atoms with E-state index in [9.17, 15) is 14.0 Å². The lowest BCUT2D eigenvalue weighted by molar-refractivity contribution is -0.119. The molecule has 1 heterocycles. The van der Waals surface area contributed by atoms with Gasteiger partial charge in [-0.2, -0.15) is 0 Å². The maximum absolute atomic E-state index is 14.2. The van der Waals surface area contributed by atoms with Gasteiger partial charge < -0.3 is 29.2 Å². The van der Waals surface area contributed by atoms with Crippen LogP contribution in [0.15, 0.2) is 48.5 Å². The van der Waals surface area contributed by atoms with Crippen molar-refractivity contribution in [1.82, 2.24) is 4.90 Å². The van der Waals surface area contributed by atoms with Crippen molar-refractivity contribution in [2.24, 2.45) is 0 Å². The molecule has 37 heavy (non-hydrogen) atoms. The van der Waals surface area contributed by atoms with Crippen molar-refractivity contribution in [3.8, 4) is 23.0 Å². The summed E-state index contributed by atoms with van der Waals surface area (Å²) in [6, 6.07) is 12.2. The highest BCUT2D eigenvalue weighted by Gasteiger charge is 2.44. The third-order valence-electron chi connectivity index (χ3n) is 6.65. The number of rotatable bonds is 7. The molecule has 0 aliphatic carbocycles. The fourth-order valence-electron chi connectivity index (χ4n) is 4.68. The van der Waals surface area contributed by atoms with Crippen LogP contribution in [0.1, 0.15) is 39.0 Å². The zero-order valence-corrected chi connectivity index (χ0v) is 21.5. The third kappa shape index (κ3) is 4.64. The van der Waals surface area contributed by atoms with Crippen LogP contribution in [-0.2, 0) is 4.79 Å². The van der Waals surface area contributed by atoms with Crippen LogP contribution in [0.5, 0.6) is 23.0 Å². The number of aryl methyl sites for hydroxylation is 1. The van der Waals surface area contributed by atoms with E-state index in [-0.39, 0.29) is 5.91 Å². The number of carbonyl (C=O) groups excluding carboxylic acids is 2. The van der Waals surface area contributed by atoms with Crippen LogP contribution in [0.25, 0.3) is 0 Å². The Morgan fingerprint density at radius 3 is 2.11 bits per heavy atom. The second-order valence-corrected chi connectivity index (χ2v) is 8.70. The van der Waals surface area contributed by atoms with Crippen LogP contribution >= 0.6 is 0 Å². The summed E-state index contributed by atoms with van der Waals surface area (Å²) in [6.45, 7) is 1.64. The largest absolute Gasteiger partial charge is 0.493 e. The van der Waals surface area contributed by atoms with Gasteiger partial charge in [-0.3, -0.25) is 9.59 Å². The number of likely N-dealkylation sites (N-methyl/N-ethyl adjacent to an activating group) is 1. The molecule has 194 valence electrons. The number of carbonyl (C=O) groups is 2. The summed E-state index contributed by atoms with van der Waals surface area (Å²) >= 11 is 0. The molecule has 0 bridgehead atoms. The molecule has 2 amide bonds. The van der Waals surface area contributed by atoms with Crippen LogP contribution in [-0.4, -0.2) is 52.2 Å². The zero-order chi connectivity index (χ0) is 26.9. The standard InChI is InChI=1S/C28H29FN2O6/c1-15-7-9-17(12-20(15)29)30-27(32)25-18-13-23(36-5)24(37-6)14-19(18)28(33)31(2)26(25)16-8-10-21(34-3)22(11-16)35-4/h7-14,25-26H,1-6H3,(H,30,32)/t25-,26-/m1/s1. The number of anilines is 1. The van der Waals surface area contributed by atoms with Crippen molar-refractivity contribution >= 4 is 17.5 Å². The van der Waals surface area contributed by atoms with Crippen molar-refractivity contribution < 1.29 is 32.9 Å². The van der Waals surface area contributed by atoms with Crippen LogP contribution in [0, 0.1) is 12.7 Å². The second kappa shape index (κ2) is 10.4. The highest BCUT2D eigenvalue weighted by atomic mass is 19.1. The van der Waals surface area contributed by atoms with Gasteiger partial charge in [0.25, 0.3) is 5.91 Å². The first kappa shape index (κ1) is 25.8. The molecular formula is C28H29FN2O6. The van der Waals surface area contributed by atoms with Crippen molar-refractivity contribution in [1.29, 1.82) is 0 Å². The lowest BCUT2D eigenvalue weighted by Gasteiger charge is -2.40. The number of fused-ring (bicyclic) bond motifs is 1. The quantitative estimate of drug-likeness (QED) is 0.497. The number of halogens is 1. The van der Waals surface area contributed by atoms with E-state index in [0.29, 0.717) is 50.9 Å². The predicted octanol–water partition coefficient (Wildman–Crippen LogP) is 4.72. The smallest absolute Gasteiger partial charge is 0.254 e. The molecule has 0 fully saturated rings. The summed E-state index contributed by atoms with van der Waals surface area (Å²) in [5.41, 5.74) is 2.20. The van der Waals surface area contributed by atoms with Crippen molar-refractivity contribution in [2.45, 2.75) is 18.9 Å². The van der Waals surface area contributed by atoms with Crippen LogP contribution in [0.2, 0.25) is 0 Å². The molecule has 1 aliphatic heterocycles. The Morgan fingerprint density at radius 1 is 0.865 bits per heavy atom. The molecule has 1 aliphatic rings. The summed E-state index contributed by atoms with van der Waals surface area (Å²) in [5, 5.41) is 2.83. The van der Waals surface area contributed by atoms with Gasteiger partial charge in [-0.1, -0.05) is 12.1 Å². The van der Waals surface area contributed by atoms with Crippen LogP contribution in [0.3, 0.4) is 0 Å². The van der Waals surface area contributed by atoms with Crippen molar-refractivity contribution in [3.05, 3.63) is 76.6 Å². The molecule has 0 aromatic heterocycles. The van der Waals surface area contributed by atoms with E-state index in [0.717, 1.165) is 0 Å². The molecule has 0 unspecified atom stereocenters. The Morgan fingerprint density at radius 2 is 1.49 bits per heavy atom. The lowest BCUT2D eigenvalue weighted by atomic mass is 9.79. The van der Waals surface area contributed by atoms with Gasteiger partial charge >= 0.3 is 0 Å². The van der Waals surface area contributed by atoms with E-state index in [2.05, 4.69) is 5.32 Å². The molecule has 0 saturated heterocycles. The van der Waals surface area contributed by atoms with Crippen molar-refractivity contribution in [3.63, 3.8) is 0 Å². The first-order valence-electron chi connectivity index (χ1n) is 11.6. The van der Waals surface area contributed by atoms with E-state index in [1.807, 2.05) is 0 Å². The summed E-state index contributed by atoms with van der Waals surface area (Å²) < 4.78 is 36.0. The molecule has 0 radical (unpaired) electrons. The van der Waals surface area contributed by atoms with E-state index >= 15 is 0 Å². The Labute approximate surface area is 214 Å². The minimum absolute atomic E-state index is 0.291. The van der Waals surface area contributed by atoms with E-state index in [1.165, 1.54) is 39.4 Å².